The van der Waals surface area contributed by atoms with Gasteiger partial charge in [0.25, 0.3) is 0 Å². The lowest BCUT2D eigenvalue weighted by atomic mass is 10.1. The van der Waals surface area contributed by atoms with E-state index in [1.165, 1.54) is 17.0 Å². The molecule has 0 aliphatic heterocycles. The summed E-state index contributed by atoms with van der Waals surface area (Å²) in [5.41, 5.74) is 3.74. The third-order valence-corrected chi connectivity index (χ3v) is 3.08. The summed E-state index contributed by atoms with van der Waals surface area (Å²) in [6.07, 6.45) is 5.45. The fourth-order valence-corrected chi connectivity index (χ4v) is 1.91. The highest BCUT2D eigenvalue weighted by Crippen LogP contribution is 2.15. The fourth-order valence-electron chi connectivity index (χ4n) is 1.91. The van der Waals surface area contributed by atoms with E-state index in [1.54, 1.807) is 0 Å². The summed E-state index contributed by atoms with van der Waals surface area (Å²) in [5.74, 6) is 2.75. The van der Waals surface area contributed by atoms with Crippen molar-refractivity contribution in [3.8, 4) is 12.3 Å². The van der Waals surface area contributed by atoms with Crippen LogP contribution < -0.4 is 5.32 Å². The Kier molecular flexibility index (Phi) is 3.83. The van der Waals surface area contributed by atoms with E-state index in [0.717, 1.165) is 13.1 Å². The number of aromatic nitrogens is 1. The first kappa shape index (κ1) is 12.9. The molecule has 16 heavy (non-hydrogen) atoms. The Bertz CT molecular complexity index is 405. The van der Waals surface area contributed by atoms with Crippen LogP contribution in [0, 0.1) is 26.2 Å². The number of hydrogen-bond acceptors (Lipinski definition) is 1. The van der Waals surface area contributed by atoms with Gasteiger partial charge in [-0.2, -0.15) is 0 Å². The van der Waals surface area contributed by atoms with E-state index in [9.17, 15) is 0 Å². The molecule has 1 aromatic heterocycles. The summed E-state index contributed by atoms with van der Waals surface area (Å²) in [6.45, 7) is 12.4. The smallest absolute Gasteiger partial charge is 0.0743 e. The Balaban J connectivity index is 2.80. The quantitative estimate of drug-likeness (QED) is 0.769. The summed E-state index contributed by atoms with van der Waals surface area (Å²) in [4.78, 5) is 0. The Labute approximate surface area is 99.0 Å². The van der Waals surface area contributed by atoms with Crippen molar-refractivity contribution in [2.24, 2.45) is 0 Å². The highest BCUT2D eigenvalue weighted by Gasteiger charge is 2.14. The monoisotopic (exact) mass is 218 g/mol. The van der Waals surface area contributed by atoms with Crippen LogP contribution in [-0.2, 0) is 13.1 Å². The Morgan fingerprint density at radius 1 is 1.44 bits per heavy atom. The van der Waals surface area contributed by atoms with Crippen LogP contribution in [0.5, 0.6) is 0 Å². The zero-order valence-corrected chi connectivity index (χ0v) is 11.0. The maximum Gasteiger partial charge on any atom is 0.0743 e. The molecule has 1 N–H and O–H groups in total. The topological polar surface area (TPSA) is 17.0 Å². The molecule has 0 unspecified atom stereocenters. The number of aryl methyl sites for hydroxylation is 1. The molecule has 0 radical (unpaired) electrons. The van der Waals surface area contributed by atoms with E-state index in [0.29, 0.717) is 0 Å². The van der Waals surface area contributed by atoms with Gasteiger partial charge in [-0.05, 0) is 46.2 Å². The van der Waals surface area contributed by atoms with E-state index >= 15 is 0 Å². The molecule has 88 valence electrons. The normalized spacial score (nSPS) is 11.5. The average Bonchev–Trinajstić information content (AvgIpc) is 2.51. The predicted octanol–water partition coefficient (Wildman–Crippen LogP) is 2.63. The molecule has 1 heterocycles. The first-order chi connectivity index (χ1) is 7.41. The van der Waals surface area contributed by atoms with Crippen LogP contribution >= 0.6 is 0 Å². The van der Waals surface area contributed by atoms with Gasteiger partial charge in [0, 0.05) is 24.5 Å². The summed E-state index contributed by atoms with van der Waals surface area (Å²) in [7, 11) is 0. The van der Waals surface area contributed by atoms with Gasteiger partial charge in [-0.3, -0.25) is 5.32 Å². The molecule has 0 atom stereocenters. The minimum Gasteiger partial charge on any atom is -0.349 e. The summed E-state index contributed by atoms with van der Waals surface area (Å²) < 4.78 is 2.32. The van der Waals surface area contributed by atoms with Crippen LogP contribution in [0.1, 0.15) is 37.7 Å². The SMILES string of the molecule is C#CC(C)(C)NCc1cc(C)n(CC)c1C. The number of nitrogens with zero attached hydrogens (tertiary/aromatic N) is 1. The minimum absolute atomic E-state index is 0.241. The van der Waals surface area contributed by atoms with Gasteiger partial charge in [-0.15, -0.1) is 6.42 Å². The van der Waals surface area contributed by atoms with Crippen molar-refractivity contribution in [2.75, 3.05) is 0 Å². The molecule has 0 aliphatic carbocycles. The van der Waals surface area contributed by atoms with Crippen LogP contribution in [0.3, 0.4) is 0 Å². The lowest BCUT2D eigenvalue weighted by molar-refractivity contribution is 0.489. The third-order valence-electron chi connectivity index (χ3n) is 3.08. The Morgan fingerprint density at radius 3 is 2.50 bits per heavy atom. The molecule has 0 aromatic carbocycles. The van der Waals surface area contributed by atoms with E-state index in [4.69, 9.17) is 6.42 Å². The van der Waals surface area contributed by atoms with Crippen molar-refractivity contribution < 1.29 is 0 Å². The van der Waals surface area contributed by atoms with Gasteiger partial charge in [-0.1, -0.05) is 5.92 Å². The van der Waals surface area contributed by atoms with Crippen LogP contribution in [-0.4, -0.2) is 10.1 Å². The largest absolute Gasteiger partial charge is 0.349 e. The van der Waals surface area contributed by atoms with Crippen LogP contribution in [0.4, 0.5) is 0 Å². The summed E-state index contributed by atoms with van der Waals surface area (Å²) in [6, 6.07) is 2.23. The van der Waals surface area contributed by atoms with Gasteiger partial charge in [0.2, 0.25) is 0 Å². The molecule has 1 aromatic rings. The molecule has 0 bridgehead atoms. The maximum atomic E-state index is 5.45. The highest BCUT2D eigenvalue weighted by atomic mass is 15.0. The highest BCUT2D eigenvalue weighted by molar-refractivity contribution is 5.27. The van der Waals surface area contributed by atoms with Gasteiger partial charge >= 0.3 is 0 Å². The zero-order valence-electron chi connectivity index (χ0n) is 11.0. The fraction of sp³-hybridized carbons (Fsp3) is 0.571. The second-order valence-electron chi connectivity index (χ2n) is 4.76. The molecule has 0 amide bonds. The van der Waals surface area contributed by atoms with Crippen LogP contribution in [0.2, 0.25) is 0 Å². The van der Waals surface area contributed by atoms with Crippen molar-refractivity contribution in [3.63, 3.8) is 0 Å². The van der Waals surface area contributed by atoms with E-state index in [1.807, 2.05) is 13.8 Å². The standard InChI is InChI=1S/C14H22N2/c1-7-14(5,6)15-10-13-9-11(3)16(8-2)12(13)4/h1,9,15H,8,10H2,2-6H3. The summed E-state index contributed by atoms with van der Waals surface area (Å²) >= 11 is 0. The van der Waals surface area contributed by atoms with E-state index < -0.39 is 0 Å². The maximum absolute atomic E-state index is 5.45. The number of rotatable bonds is 4. The Morgan fingerprint density at radius 2 is 2.06 bits per heavy atom. The molecule has 0 aliphatic rings. The first-order valence-corrected chi connectivity index (χ1v) is 5.79. The second kappa shape index (κ2) is 4.76. The van der Waals surface area contributed by atoms with Gasteiger partial charge in [-0.25, -0.2) is 0 Å². The second-order valence-corrected chi connectivity index (χ2v) is 4.76. The predicted molar refractivity (Wildman–Crippen MR) is 69.3 cm³/mol. The molecule has 1 rings (SSSR count). The number of terminal acetylenes is 1. The molecule has 0 saturated carbocycles. The van der Waals surface area contributed by atoms with Gasteiger partial charge < -0.3 is 4.57 Å². The van der Waals surface area contributed by atoms with Crippen molar-refractivity contribution in [1.82, 2.24) is 9.88 Å². The number of nitrogens with one attached hydrogen (secondary N) is 1. The third kappa shape index (κ3) is 2.68. The molecule has 0 saturated heterocycles. The first-order valence-electron chi connectivity index (χ1n) is 5.79. The lowest BCUT2D eigenvalue weighted by Gasteiger charge is -2.19. The van der Waals surface area contributed by atoms with E-state index in [-0.39, 0.29) is 5.54 Å². The van der Waals surface area contributed by atoms with Gasteiger partial charge in [0.05, 0.1) is 5.54 Å². The van der Waals surface area contributed by atoms with E-state index in [2.05, 4.69) is 42.6 Å². The molecular weight excluding hydrogens is 196 g/mol. The van der Waals surface area contributed by atoms with Crippen LogP contribution in [0.15, 0.2) is 6.07 Å². The average molecular weight is 218 g/mol. The van der Waals surface area contributed by atoms with Gasteiger partial charge in [0.1, 0.15) is 0 Å². The lowest BCUT2D eigenvalue weighted by Crippen LogP contribution is -2.37. The van der Waals surface area contributed by atoms with Crippen LogP contribution in [0.25, 0.3) is 0 Å². The molecule has 2 nitrogen and oxygen atoms in total. The number of hydrogen-bond donors (Lipinski definition) is 1. The molecule has 0 fully saturated rings. The molecular formula is C14H22N2. The molecule has 2 heteroatoms. The molecule has 0 spiro atoms. The Hall–Kier alpha value is -1.20. The minimum atomic E-state index is -0.241. The van der Waals surface area contributed by atoms with Crippen molar-refractivity contribution in [2.45, 2.75) is 53.2 Å². The van der Waals surface area contributed by atoms with Gasteiger partial charge in [0.15, 0.2) is 0 Å². The zero-order chi connectivity index (χ0) is 12.3. The van der Waals surface area contributed by atoms with Crippen molar-refractivity contribution in [1.29, 1.82) is 0 Å². The van der Waals surface area contributed by atoms with Crippen molar-refractivity contribution >= 4 is 0 Å². The van der Waals surface area contributed by atoms with Crippen molar-refractivity contribution in [3.05, 3.63) is 23.0 Å². The summed E-state index contributed by atoms with van der Waals surface area (Å²) in [5, 5.41) is 3.38.